The number of rotatable bonds is 6. The molecule has 3 rings (SSSR count). The molecule has 0 bridgehead atoms. The zero-order valence-corrected chi connectivity index (χ0v) is 14.7. The van der Waals surface area contributed by atoms with E-state index < -0.39 is 11.7 Å². The molecule has 0 unspecified atom stereocenters. The second kappa shape index (κ2) is 7.56. The number of hydrogen-bond donors (Lipinski definition) is 2. The number of carbonyl (C=O) groups excluding carboxylic acids is 2. The third-order valence-corrected chi connectivity index (χ3v) is 4.52. The summed E-state index contributed by atoms with van der Waals surface area (Å²) in [5.74, 6) is -0.116. The first-order valence-corrected chi connectivity index (χ1v) is 8.49. The summed E-state index contributed by atoms with van der Waals surface area (Å²) in [6.45, 7) is 2.26. The second-order valence-electron chi connectivity index (χ2n) is 6.53. The molecule has 2 aromatic rings. The maximum Gasteiger partial charge on any atom is 0.253 e. The van der Waals surface area contributed by atoms with Crippen molar-refractivity contribution >= 4 is 17.5 Å². The molecule has 2 amide bonds. The molecule has 26 heavy (non-hydrogen) atoms. The van der Waals surface area contributed by atoms with Gasteiger partial charge in [0.2, 0.25) is 5.91 Å². The fraction of sp³-hybridized carbons (Fsp3) is 0.300. The number of halogens is 1. The van der Waals surface area contributed by atoms with Gasteiger partial charge in [0.25, 0.3) is 5.91 Å². The third kappa shape index (κ3) is 4.20. The van der Waals surface area contributed by atoms with Crippen molar-refractivity contribution in [2.24, 2.45) is 11.8 Å². The molecule has 6 heteroatoms. The van der Waals surface area contributed by atoms with Crippen LogP contribution in [-0.4, -0.2) is 18.9 Å². The first kappa shape index (κ1) is 17.9. The first-order valence-electron chi connectivity index (χ1n) is 8.49. The van der Waals surface area contributed by atoms with Crippen LogP contribution in [0.25, 0.3) is 0 Å². The Hall–Kier alpha value is -2.89. The van der Waals surface area contributed by atoms with Gasteiger partial charge in [0.05, 0.1) is 18.4 Å². The van der Waals surface area contributed by atoms with Crippen LogP contribution < -0.4 is 15.4 Å². The van der Waals surface area contributed by atoms with E-state index in [9.17, 15) is 14.0 Å². The van der Waals surface area contributed by atoms with Gasteiger partial charge in [-0.1, -0.05) is 19.1 Å². The average Bonchev–Trinajstić information content (AvgIpc) is 3.38. The lowest BCUT2D eigenvalue weighted by atomic mass is 10.1. The van der Waals surface area contributed by atoms with Crippen molar-refractivity contribution in [2.45, 2.75) is 19.9 Å². The van der Waals surface area contributed by atoms with Crippen molar-refractivity contribution in [2.75, 3.05) is 12.4 Å². The Balaban J connectivity index is 1.71. The minimum Gasteiger partial charge on any atom is -0.497 e. The maximum atomic E-state index is 13.6. The van der Waals surface area contributed by atoms with E-state index in [4.69, 9.17) is 4.74 Å². The molecule has 0 aliphatic heterocycles. The van der Waals surface area contributed by atoms with Crippen LogP contribution >= 0.6 is 0 Å². The molecule has 0 aromatic heterocycles. The average molecular weight is 356 g/mol. The Kier molecular flexibility index (Phi) is 5.21. The van der Waals surface area contributed by atoms with Gasteiger partial charge in [-0.25, -0.2) is 4.39 Å². The van der Waals surface area contributed by atoms with Crippen LogP contribution in [-0.2, 0) is 11.3 Å². The van der Waals surface area contributed by atoms with Crippen LogP contribution in [0.15, 0.2) is 42.5 Å². The van der Waals surface area contributed by atoms with Crippen LogP contribution in [0.3, 0.4) is 0 Å². The zero-order valence-electron chi connectivity index (χ0n) is 14.7. The summed E-state index contributed by atoms with van der Waals surface area (Å²) in [5.41, 5.74) is 1.28. The van der Waals surface area contributed by atoms with Gasteiger partial charge in [-0.15, -0.1) is 0 Å². The molecule has 1 aliphatic rings. The molecule has 0 spiro atoms. The SMILES string of the molecule is COc1cccc(CNC(=O)c2cc(F)ccc2NC(=O)[C@@H]2C[C@@H]2C)c1. The fourth-order valence-corrected chi connectivity index (χ4v) is 2.79. The Labute approximate surface area is 151 Å². The first-order chi connectivity index (χ1) is 12.5. The quantitative estimate of drug-likeness (QED) is 0.834. The summed E-state index contributed by atoms with van der Waals surface area (Å²) in [6, 6.07) is 11.1. The molecule has 2 atom stereocenters. The third-order valence-electron chi connectivity index (χ3n) is 4.52. The number of amides is 2. The summed E-state index contributed by atoms with van der Waals surface area (Å²) in [6.07, 6.45) is 0.838. The summed E-state index contributed by atoms with van der Waals surface area (Å²) < 4.78 is 18.8. The van der Waals surface area contributed by atoms with Gasteiger partial charge in [-0.3, -0.25) is 9.59 Å². The van der Waals surface area contributed by atoms with Crippen molar-refractivity contribution < 1.29 is 18.7 Å². The predicted molar refractivity (Wildman–Crippen MR) is 96.5 cm³/mol. The lowest BCUT2D eigenvalue weighted by Crippen LogP contribution is -2.25. The van der Waals surface area contributed by atoms with Crippen LogP contribution in [0.2, 0.25) is 0 Å². The highest BCUT2D eigenvalue weighted by Crippen LogP contribution is 2.38. The van der Waals surface area contributed by atoms with Crippen molar-refractivity contribution in [1.82, 2.24) is 5.32 Å². The van der Waals surface area contributed by atoms with E-state index in [1.165, 1.54) is 12.1 Å². The van der Waals surface area contributed by atoms with Gasteiger partial charge in [0.1, 0.15) is 11.6 Å². The molecule has 1 aliphatic carbocycles. The van der Waals surface area contributed by atoms with Crippen LogP contribution in [0.5, 0.6) is 5.75 Å². The molecule has 1 saturated carbocycles. The second-order valence-corrected chi connectivity index (χ2v) is 6.53. The number of benzene rings is 2. The normalized spacial score (nSPS) is 18.1. The van der Waals surface area contributed by atoms with Crippen LogP contribution in [0, 0.1) is 17.7 Å². The number of anilines is 1. The van der Waals surface area contributed by atoms with Gasteiger partial charge in [-0.05, 0) is 48.2 Å². The van der Waals surface area contributed by atoms with E-state index in [0.717, 1.165) is 18.1 Å². The van der Waals surface area contributed by atoms with Gasteiger partial charge in [0, 0.05) is 12.5 Å². The standard InChI is InChI=1S/C20H21FN2O3/c1-12-8-16(12)20(25)23-18-7-6-14(21)10-17(18)19(24)22-11-13-4-3-5-15(9-13)26-2/h3-7,9-10,12,16H,8,11H2,1-2H3,(H,22,24)(H,23,25)/t12-,16+/m0/s1. The topological polar surface area (TPSA) is 67.4 Å². The summed E-state index contributed by atoms with van der Waals surface area (Å²) >= 11 is 0. The van der Waals surface area contributed by atoms with E-state index in [2.05, 4.69) is 10.6 Å². The minimum atomic E-state index is -0.533. The maximum absolute atomic E-state index is 13.6. The monoisotopic (exact) mass is 356 g/mol. The summed E-state index contributed by atoms with van der Waals surface area (Å²) in [7, 11) is 1.57. The van der Waals surface area contributed by atoms with E-state index in [1.54, 1.807) is 7.11 Å². The largest absolute Gasteiger partial charge is 0.497 e. The predicted octanol–water partition coefficient (Wildman–Crippen LogP) is 3.36. The number of nitrogens with one attached hydrogen (secondary N) is 2. The Bertz CT molecular complexity index is 838. The van der Waals surface area contributed by atoms with E-state index in [-0.39, 0.29) is 23.9 Å². The molecule has 2 N–H and O–H groups in total. The van der Waals surface area contributed by atoms with Crippen molar-refractivity contribution in [3.63, 3.8) is 0 Å². The van der Waals surface area contributed by atoms with Gasteiger partial charge in [0.15, 0.2) is 0 Å². The molecular weight excluding hydrogens is 335 g/mol. The number of methoxy groups -OCH3 is 1. The van der Waals surface area contributed by atoms with E-state index in [0.29, 0.717) is 17.4 Å². The van der Waals surface area contributed by atoms with E-state index >= 15 is 0 Å². The molecule has 0 saturated heterocycles. The highest BCUT2D eigenvalue weighted by atomic mass is 19.1. The minimum absolute atomic E-state index is 0.0345. The Morgan fingerprint density at radius 2 is 2.00 bits per heavy atom. The van der Waals surface area contributed by atoms with Gasteiger partial charge < -0.3 is 15.4 Å². The Morgan fingerprint density at radius 1 is 1.23 bits per heavy atom. The lowest BCUT2D eigenvalue weighted by Gasteiger charge is -2.12. The highest BCUT2D eigenvalue weighted by molar-refractivity contribution is 6.04. The Morgan fingerprint density at radius 3 is 2.69 bits per heavy atom. The van der Waals surface area contributed by atoms with Gasteiger partial charge in [-0.2, -0.15) is 0 Å². The highest BCUT2D eigenvalue weighted by Gasteiger charge is 2.39. The number of hydrogen-bond acceptors (Lipinski definition) is 3. The molecule has 1 fully saturated rings. The van der Waals surface area contributed by atoms with E-state index in [1.807, 2.05) is 31.2 Å². The van der Waals surface area contributed by atoms with Crippen molar-refractivity contribution in [1.29, 1.82) is 0 Å². The van der Waals surface area contributed by atoms with Crippen molar-refractivity contribution in [3.8, 4) is 5.75 Å². The summed E-state index contributed by atoms with van der Waals surface area (Å²) in [4.78, 5) is 24.7. The molecule has 2 aromatic carbocycles. The molecular formula is C20H21FN2O3. The van der Waals surface area contributed by atoms with Crippen LogP contribution in [0.4, 0.5) is 10.1 Å². The van der Waals surface area contributed by atoms with Gasteiger partial charge >= 0.3 is 0 Å². The lowest BCUT2D eigenvalue weighted by molar-refractivity contribution is -0.117. The van der Waals surface area contributed by atoms with Crippen molar-refractivity contribution in [3.05, 3.63) is 59.4 Å². The summed E-state index contributed by atoms with van der Waals surface area (Å²) in [5, 5.41) is 5.49. The molecule has 136 valence electrons. The zero-order chi connectivity index (χ0) is 18.7. The fourth-order valence-electron chi connectivity index (χ4n) is 2.79. The number of carbonyl (C=O) groups is 2. The smallest absolute Gasteiger partial charge is 0.253 e. The number of ether oxygens (including phenoxy) is 1. The van der Waals surface area contributed by atoms with Crippen LogP contribution in [0.1, 0.15) is 29.3 Å². The molecule has 5 nitrogen and oxygen atoms in total. The molecule has 0 heterocycles. The molecule has 0 radical (unpaired) electrons.